The summed E-state index contributed by atoms with van der Waals surface area (Å²) in [7, 11) is 0. The lowest BCUT2D eigenvalue weighted by Crippen LogP contribution is -2.46. The van der Waals surface area contributed by atoms with E-state index in [4.69, 9.17) is 16.9 Å². The Morgan fingerprint density at radius 2 is 1.77 bits per heavy atom. The molecule has 0 radical (unpaired) electrons. The highest BCUT2D eigenvalue weighted by molar-refractivity contribution is 6.30. The summed E-state index contributed by atoms with van der Waals surface area (Å²) >= 11 is 5.92. The Balaban J connectivity index is 1.55. The Bertz CT molecular complexity index is 653. The van der Waals surface area contributed by atoms with Crippen LogP contribution in [0.25, 0.3) is 0 Å². The van der Waals surface area contributed by atoms with Crippen molar-refractivity contribution in [1.29, 1.82) is 5.26 Å². The van der Waals surface area contributed by atoms with Crippen LogP contribution in [0.15, 0.2) is 42.6 Å². The smallest absolute Gasteiger partial charge is 0.140 e. The molecule has 2 heterocycles. The summed E-state index contributed by atoms with van der Waals surface area (Å²) in [6.07, 6.45) is 1.79. The minimum Gasteiger partial charge on any atom is -0.368 e. The van der Waals surface area contributed by atoms with Crippen LogP contribution in [-0.4, -0.2) is 36.1 Å². The number of anilines is 1. The van der Waals surface area contributed by atoms with Crippen molar-refractivity contribution in [1.82, 2.24) is 9.88 Å². The lowest BCUT2D eigenvalue weighted by molar-refractivity contribution is 0.250. The molecule has 22 heavy (non-hydrogen) atoms. The molecule has 5 heteroatoms. The molecule has 0 saturated carbocycles. The number of hydrogen-bond donors (Lipinski definition) is 0. The summed E-state index contributed by atoms with van der Waals surface area (Å²) in [5.74, 6) is 0. The van der Waals surface area contributed by atoms with Gasteiger partial charge in [0.25, 0.3) is 0 Å². The third-order valence-corrected chi connectivity index (χ3v) is 4.17. The van der Waals surface area contributed by atoms with E-state index in [1.165, 1.54) is 5.56 Å². The van der Waals surface area contributed by atoms with E-state index < -0.39 is 0 Å². The molecule has 3 rings (SSSR count). The van der Waals surface area contributed by atoms with E-state index >= 15 is 0 Å². The monoisotopic (exact) mass is 312 g/mol. The minimum absolute atomic E-state index is 0.463. The molecule has 2 aromatic rings. The number of nitriles is 1. The summed E-state index contributed by atoms with van der Waals surface area (Å²) in [5.41, 5.74) is 2.84. The van der Waals surface area contributed by atoms with Crippen molar-refractivity contribution in [3.05, 3.63) is 58.9 Å². The van der Waals surface area contributed by atoms with E-state index in [2.05, 4.69) is 26.9 Å². The second-order valence-corrected chi connectivity index (χ2v) is 5.84. The largest absolute Gasteiger partial charge is 0.368 e. The Hall–Kier alpha value is -2.09. The molecule has 1 aliphatic heterocycles. The Morgan fingerprint density at radius 3 is 2.36 bits per heavy atom. The van der Waals surface area contributed by atoms with Gasteiger partial charge in [-0.15, -0.1) is 0 Å². The van der Waals surface area contributed by atoms with Crippen LogP contribution in [0.4, 0.5) is 5.69 Å². The highest BCUT2D eigenvalue weighted by Crippen LogP contribution is 2.17. The van der Waals surface area contributed by atoms with Gasteiger partial charge in [-0.3, -0.25) is 4.90 Å². The number of halogens is 1. The van der Waals surface area contributed by atoms with Gasteiger partial charge in [0.15, 0.2) is 0 Å². The first-order valence-electron chi connectivity index (χ1n) is 7.32. The normalized spacial score (nSPS) is 15.5. The number of benzene rings is 1. The van der Waals surface area contributed by atoms with Gasteiger partial charge in [0.1, 0.15) is 11.8 Å². The second kappa shape index (κ2) is 6.78. The van der Waals surface area contributed by atoms with Crippen LogP contribution in [0.3, 0.4) is 0 Å². The Kier molecular flexibility index (Phi) is 4.57. The van der Waals surface area contributed by atoms with Crippen LogP contribution in [-0.2, 0) is 6.54 Å². The molecular formula is C17H17ClN4. The van der Waals surface area contributed by atoms with Gasteiger partial charge < -0.3 is 4.90 Å². The van der Waals surface area contributed by atoms with Crippen molar-refractivity contribution in [3.8, 4) is 6.07 Å². The minimum atomic E-state index is 0.463. The molecular weight excluding hydrogens is 296 g/mol. The summed E-state index contributed by atoms with van der Waals surface area (Å²) in [6.45, 7) is 4.93. The maximum absolute atomic E-state index is 8.79. The molecule has 0 aliphatic carbocycles. The average Bonchev–Trinajstić information content (AvgIpc) is 2.58. The molecule has 0 amide bonds. The maximum Gasteiger partial charge on any atom is 0.140 e. The van der Waals surface area contributed by atoms with Crippen molar-refractivity contribution in [3.63, 3.8) is 0 Å². The van der Waals surface area contributed by atoms with Crippen molar-refractivity contribution < 1.29 is 0 Å². The summed E-state index contributed by atoms with van der Waals surface area (Å²) < 4.78 is 0. The van der Waals surface area contributed by atoms with Crippen LogP contribution in [0.1, 0.15) is 11.3 Å². The second-order valence-electron chi connectivity index (χ2n) is 5.40. The average molecular weight is 313 g/mol. The predicted molar refractivity (Wildman–Crippen MR) is 87.9 cm³/mol. The van der Waals surface area contributed by atoms with Crippen LogP contribution < -0.4 is 4.90 Å². The van der Waals surface area contributed by atoms with E-state index in [1.54, 1.807) is 12.3 Å². The zero-order valence-corrected chi connectivity index (χ0v) is 13.0. The fourth-order valence-electron chi connectivity index (χ4n) is 2.65. The third kappa shape index (κ3) is 3.56. The topological polar surface area (TPSA) is 43.2 Å². The van der Waals surface area contributed by atoms with E-state index in [0.29, 0.717) is 5.69 Å². The highest BCUT2D eigenvalue weighted by Gasteiger charge is 2.17. The fraction of sp³-hybridized carbons (Fsp3) is 0.294. The van der Waals surface area contributed by atoms with E-state index in [0.717, 1.165) is 43.4 Å². The van der Waals surface area contributed by atoms with Crippen LogP contribution in [0.2, 0.25) is 5.02 Å². The number of rotatable bonds is 3. The fourth-order valence-corrected chi connectivity index (χ4v) is 2.78. The summed E-state index contributed by atoms with van der Waals surface area (Å²) in [6, 6.07) is 13.8. The molecule has 112 valence electrons. The summed E-state index contributed by atoms with van der Waals surface area (Å²) in [5, 5.41) is 9.57. The molecule has 0 unspecified atom stereocenters. The van der Waals surface area contributed by atoms with Crippen molar-refractivity contribution >= 4 is 17.3 Å². The molecule has 0 bridgehead atoms. The molecule has 0 N–H and O–H groups in total. The first-order valence-corrected chi connectivity index (χ1v) is 7.70. The van der Waals surface area contributed by atoms with Crippen molar-refractivity contribution in [2.45, 2.75) is 6.54 Å². The van der Waals surface area contributed by atoms with Crippen LogP contribution >= 0.6 is 11.6 Å². The summed E-state index contributed by atoms with van der Waals surface area (Å²) in [4.78, 5) is 8.89. The SMILES string of the molecule is N#Cc1ccc(N2CCN(Cc3ccc(Cl)cc3)CC2)cn1. The van der Waals surface area contributed by atoms with Crippen molar-refractivity contribution in [2.24, 2.45) is 0 Å². The van der Waals surface area contributed by atoms with Gasteiger partial charge in [-0.05, 0) is 29.8 Å². The van der Waals surface area contributed by atoms with Gasteiger partial charge in [-0.2, -0.15) is 5.26 Å². The third-order valence-electron chi connectivity index (χ3n) is 3.92. The quantitative estimate of drug-likeness (QED) is 0.874. The van der Waals surface area contributed by atoms with Gasteiger partial charge in [0, 0.05) is 37.7 Å². The molecule has 4 nitrogen and oxygen atoms in total. The van der Waals surface area contributed by atoms with E-state index in [9.17, 15) is 0 Å². The molecule has 1 aliphatic rings. The number of piperazine rings is 1. The first kappa shape index (κ1) is 14.8. The molecule has 1 saturated heterocycles. The highest BCUT2D eigenvalue weighted by atomic mass is 35.5. The van der Waals surface area contributed by atoms with E-state index in [1.807, 2.05) is 24.3 Å². The number of hydrogen-bond acceptors (Lipinski definition) is 4. The van der Waals surface area contributed by atoms with Gasteiger partial charge in [0.2, 0.25) is 0 Å². The zero-order valence-electron chi connectivity index (χ0n) is 12.2. The van der Waals surface area contributed by atoms with Crippen LogP contribution in [0, 0.1) is 11.3 Å². The van der Waals surface area contributed by atoms with Gasteiger partial charge in [0.05, 0.1) is 11.9 Å². The van der Waals surface area contributed by atoms with Crippen LogP contribution in [0.5, 0.6) is 0 Å². The van der Waals surface area contributed by atoms with Gasteiger partial charge >= 0.3 is 0 Å². The standard InChI is InChI=1S/C17H17ClN4/c18-15-3-1-14(2-4-15)13-21-7-9-22(10-8-21)17-6-5-16(11-19)20-12-17/h1-6,12H,7-10,13H2. The van der Waals surface area contributed by atoms with Crippen molar-refractivity contribution in [2.75, 3.05) is 31.1 Å². The van der Waals surface area contributed by atoms with Gasteiger partial charge in [-0.1, -0.05) is 23.7 Å². The maximum atomic E-state index is 8.79. The molecule has 0 atom stereocenters. The molecule has 0 spiro atoms. The zero-order chi connectivity index (χ0) is 15.4. The lowest BCUT2D eigenvalue weighted by Gasteiger charge is -2.36. The lowest BCUT2D eigenvalue weighted by atomic mass is 10.2. The first-order chi connectivity index (χ1) is 10.7. The molecule has 1 fully saturated rings. The Morgan fingerprint density at radius 1 is 1.05 bits per heavy atom. The number of nitrogens with zero attached hydrogens (tertiary/aromatic N) is 4. The Labute approximate surface area is 135 Å². The van der Waals surface area contributed by atoms with Gasteiger partial charge in [-0.25, -0.2) is 4.98 Å². The molecule has 1 aromatic heterocycles. The number of pyridine rings is 1. The molecule has 1 aromatic carbocycles. The van der Waals surface area contributed by atoms with E-state index in [-0.39, 0.29) is 0 Å². The number of aromatic nitrogens is 1. The predicted octanol–water partition coefficient (Wildman–Crippen LogP) is 2.93.